The second kappa shape index (κ2) is 5.92. The number of hydrogen-bond acceptors (Lipinski definition) is 2. The summed E-state index contributed by atoms with van der Waals surface area (Å²) in [5, 5.41) is 0. The van der Waals surface area contributed by atoms with Gasteiger partial charge in [0, 0.05) is 0 Å². The summed E-state index contributed by atoms with van der Waals surface area (Å²) in [5.74, 6) is 0. The first-order chi connectivity index (χ1) is 3.81. The Morgan fingerprint density at radius 3 is 1.88 bits per heavy atom. The minimum absolute atomic E-state index is 0.656. The minimum atomic E-state index is -1.79. The van der Waals surface area contributed by atoms with Crippen molar-refractivity contribution in [3.8, 4) is 0 Å². The van der Waals surface area contributed by atoms with Crippen molar-refractivity contribution in [3.05, 3.63) is 0 Å². The van der Waals surface area contributed by atoms with E-state index < -0.39 is 14.9 Å². The van der Waals surface area contributed by atoms with Crippen LogP contribution in [0.3, 0.4) is 0 Å². The predicted molar refractivity (Wildman–Crippen MR) is 29.1 cm³/mol. The number of hydrogen-bond donors (Lipinski definition) is 0. The molecule has 0 aliphatic carbocycles. The molecule has 0 saturated carbocycles. The Morgan fingerprint density at radius 2 is 1.62 bits per heavy atom. The van der Waals surface area contributed by atoms with Gasteiger partial charge in [-0.2, -0.15) is 0 Å². The van der Waals surface area contributed by atoms with Crippen molar-refractivity contribution in [3.63, 3.8) is 0 Å². The van der Waals surface area contributed by atoms with Gasteiger partial charge in [0.05, 0.1) is 0 Å². The molecule has 4 heteroatoms. The molecule has 2 nitrogen and oxygen atoms in total. The fourth-order valence-corrected chi connectivity index (χ4v) is 1.80. The molecule has 0 amide bonds. The molecule has 0 aliphatic heterocycles. The van der Waals surface area contributed by atoms with E-state index in [1.165, 1.54) is 0 Å². The van der Waals surface area contributed by atoms with E-state index in [1.807, 2.05) is 13.8 Å². The first-order valence-electron chi connectivity index (χ1n) is 2.53. The van der Waals surface area contributed by atoms with Crippen molar-refractivity contribution in [2.75, 3.05) is 13.2 Å². The van der Waals surface area contributed by atoms with Gasteiger partial charge in [0.25, 0.3) is 0 Å². The van der Waals surface area contributed by atoms with Crippen LogP contribution in [0.15, 0.2) is 0 Å². The topological polar surface area (TPSA) is 18.5 Å². The van der Waals surface area contributed by atoms with Crippen LogP contribution in [-0.4, -0.2) is 13.2 Å². The van der Waals surface area contributed by atoms with E-state index in [-0.39, 0.29) is 0 Å². The Bertz CT molecular complexity index is 47.3. The van der Waals surface area contributed by atoms with Gasteiger partial charge in [0.2, 0.25) is 0 Å². The SMILES string of the molecule is CC[O][V]([Cl])[O]CC. The van der Waals surface area contributed by atoms with Crippen LogP contribution >= 0.6 is 9.85 Å². The molecule has 0 bridgehead atoms. The molecule has 0 fully saturated rings. The predicted octanol–water partition coefficient (Wildman–Crippen LogP) is 1.66. The number of halogens is 1. The summed E-state index contributed by atoms with van der Waals surface area (Å²) in [6, 6.07) is 0. The molecule has 0 radical (unpaired) electrons. The van der Waals surface area contributed by atoms with E-state index in [4.69, 9.17) is 17.2 Å². The zero-order chi connectivity index (χ0) is 6.41. The zero-order valence-electron chi connectivity index (χ0n) is 5.06. The molecule has 0 spiro atoms. The molecule has 0 unspecified atom stereocenters. The summed E-state index contributed by atoms with van der Waals surface area (Å²) < 4.78 is 9.94. The Hall–Kier alpha value is 0.794. The molecule has 0 aliphatic rings. The fourth-order valence-electron chi connectivity index (χ4n) is 0.240. The first kappa shape index (κ1) is 8.79. The van der Waals surface area contributed by atoms with Crippen molar-refractivity contribution in [2.45, 2.75) is 13.8 Å². The molecule has 0 saturated heterocycles. The van der Waals surface area contributed by atoms with Crippen LogP contribution in [0.5, 0.6) is 0 Å². The molecule has 0 N–H and O–H groups in total. The van der Waals surface area contributed by atoms with Gasteiger partial charge in [-0.15, -0.1) is 0 Å². The van der Waals surface area contributed by atoms with E-state index in [0.29, 0.717) is 13.2 Å². The molecule has 0 aromatic heterocycles. The van der Waals surface area contributed by atoms with Gasteiger partial charge in [-0.3, -0.25) is 0 Å². The van der Waals surface area contributed by atoms with Gasteiger partial charge in [-0.05, 0) is 0 Å². The summed E-state index contributed by atoms with van der Waals surface area (Å²) >= 11 is -1.79. The van der Waals surface area contributed by atoms with Gasteiger partial charge in [0.1, 0.15) is 0 Å². The van der Waals surface area contributed by atoms with Crippen LogP contribution < -0.4 is 0 Å². The molecular weight excluding hydrogens is 166 g/mol. The monoisotopic (exact) mass is 176 g/mol. The van der Waals surface area contributed by atoms with E-state index in [9.17, 15) is 0 Å². The van der Waals surface area contributed by atoms with Gasteiger partial charge >= 0.3 is 59.1 Å². The second-order valence-corrected chi connectivity index (χ2v) is 3.66. The summed E-state index contributed by atoms with van der Waals surface area (Å²) in [7, 11) is 5.58. The van der Waals surface area contributed by atoms with Crippen molar-refractivity contribution >= 4 is 9.85 Å². The molecule has 0 atom stereocenters. The molecule has 0 rings (SSSR count). The Balaban J connectivity index is 2.92. The van der Waals surface area contributed by atoms with Gasteiger partial charge in [0.15, 0.2) is 0 Å². The summed E-state index contributed by atoms with van der Waals surface area (Å²) in [5.41, 5.74) is 0. The van der Waals surface area contributed by atoms with Crippen LogP contribution in [0.25, 0.3) is 0 Å². The molecular formula is C4H10ClO2V. The summed E-state index contributed by atoms with van der Waals surface area (Å²) in [6.45, 7) is 5.12. The Morgan fingerprint density at radius 1 is 1.25 bits per heavy atom. The quantitative estimate of drug-likeness (QED) is 0.649. The average molecular weight is 177 g/mol. The van der Waals surface area contributed by atoms with E-state index >= 15 is 0 Å². The van der Waals surface area contributed by atoms with Crippen LogP contribution in [-0.2, 0) is 22.2 Å². The van der Waals surface area contributed by atoms with Gasteiger partial charge in [-0.25, -0.2) is 0 Å². The second-order valence-electron chi connectivity index (χ2n) is 1.05. The Kier molecular flexibility index (Phi) is 6.51. The maximum atomic E-state index is 5.58. The summed E-state index contributed by atoms with van der Waals surface area (Å²) in [6.07, 6.45) is 0. The van der Waals surface area contributed by atoms with Crippen molar-refractivity contribution < 1.29 is 22.2 Å². The van der Waals surface area contributed by atoms with Crippen LogP contribution in [0.2, 0.25) is 0 Å². The third-order valence-electron chi connectivity index (χ3n) is 0.461. The molecule has 0 heterocycles. The molecule has 50 valence electrons. The van der Waals surface area contributed by atoms with Crippen molar-refractivity contribution in [1.29, 1.82) is 0 Å². The Labute approximate surface area is 59.5 Å². The summed E-state index contributed by atoms with van der Waals surface area (Å²) in [4.78, 5) is 0. The van der Waals surface area contributed by atoms with E-state index in [2.05, 4.69) is 0 Å². The van der Waals surface area contributed by atoms with Crippen molar-refractivity contribution in [2.24, 2.45) is 0 Å². The average Bonchev–Trinajstić information content (AvgIpc) is 1.68. The van der Waals surface area contributed by atoms with E-state index in [0.717, 1.165) is 0 Å². The molecule has 0 aromatic carbocycles. The standard InChI is InChI=1S/2C2H5O.ClH.V/c2*1-2-3;;/h2*2H2,1H3;1H;/q2*-1;;+3/p-1. The third-order valence-corrected chi connectivity index (χ3v) is 2.71. The number of rotatable bonds is 4. The van der Waals surface area contributed by atoms with E-state index in [1.54, 1.807) is 0 Å². The van der Waals surface area contributed by atoms with Crippen LogP contribution in [0, 0.1) is 0 Å². The third kappa shape index (κ3) is 4.94. The zero-order valence-corrected chi connectivity index (χ0v) is 7.21. The fraction of sp³-hybridized carbons (Fsp3) is 1.00. The van der Waals surface area contributed by atoms with Crippen LogP contribution in [0.1, 0.15) is 13.8 Å². The van der Waals surface area contributed by atoms with Crippen LogP contribution in [0.4, 0.5) is 0 Å². The molecule has 0 aromatic rings. The van der Waals surface area contributed by atoms with Crippen molar-refractivity contribution in [1.82, 2.24) is 0 Å². The van der Waals surface area contributed by atoms with Gasteiger partial charge < -0.3 is 0 Å². The first-order valence-corrected chi connectivity index (χ1v) is 5.59. The molecule has 8 heavy (non-hydrogen) atoms. The maximum absolute atomic E-state index is 5.58. The van der Waals surface area contributed by atoms with Gasteiger partial charge in [-0.1, -0.05) is 0 Å². The normalized spacial score (nSPS) is 10.5.